The summed E-state index contributed by atoms with van der Waals surface area (Å²) in [6.45, 7) is 0.678. The predicted molar refractivity (Wildman–Crippen MR) is 73.5 cm³/mol. The highest BCUT2D eigenvalue weighted by molar-refractivity contribution is 5.92. The molecule has 1 rings (SSSR count). The zero-order valence-electron chi connectivity index (χ0n) is 12.4. The van der Waals surface area contributed by atoms with Crippen molar-refractivity contribution < 1.29 is 36.6 Å². The Morgan fingerprint density at radius 2 is 1.78 bits per heavy atom. The summed E-state index contributed by atoms with van der Waals surface area (Å²) < 4.78 is 66.0. The lowest BCUT2D eigenvalue weighted by Crippen LogP contribution is -2.22. The Morgan fingerprint density at radius 3 is 2.43 bits per heavy atom. The van der Waals surface area contributed by atoms with Crippen LogP contribution in [0.5, 0.6) is 0 Å². The Morgan fingerprint density at radius 1 is 1.13 bits per heavy atom. The molecule has 0 spiro atoms. The molecule has 0 heterocycles. The van der Waals surface area contributed by atoms with Crippen LogP contribution in [-0.2, 0) is 25.2 Å². The first-order valence-electron chi connectivity index (χ1n) is 6.65. The fourth-order valence-electron chi connectivity index (χ4n) is 1.57. The van der Waals surface area contributed by atoms with E-state index in [-0.39, 0.29) is 13.2 Å². The van der Waals surface area contributed by atoms with Gasteiger partial charge in [0.25, 0.3) is 0 Å². The summed E-state index contributed by atoms with van der Waals surface area (Å²) in [6.07, 6.45) is -4.78. The van der Waals surface area contributed by atoms with Crippen LogP contribution in [0.15, 0.2) is 18.2 Å². The lowest BCUT2D eigenvalue weighted by molar-refractivity contribution is -0.137. The van der Waals surface area contributed by atoms with Crippen LogP contribution in [0.25, 0.3) is 0 Å². The van der Waals surface area contributed by atoms with Crippen molar-refractivity contribution in [1.82, 2.24) is 0 Å². The van der Waals surface area contributed by atoms with Gasteiger partial charge in [-0.15, -0.1) is 0 Å². The smallest absolute Gasteiger partial charge is 0.382 e. The molecule has 0 atom stereocenters. The average molecular weight is 339 g/mol. The van der Waals surface area contributed by atoms with Crippen molar-refractivity contribution in [1.29, 1.82) is 0 Å². The maximum absolute atomic E-state index is 12.9. The molecule has 0 aliphatic rings. The number of carbonyl (C=O) groups excluding carboxylic acids is 1. The minimum Gasteiger partial charge on any atom is -0.382 e. The number of hydrogen-bond acceptors (Lipinski definition) is 4. The van der Waals surface area contributed by atoms with Crippen LogP contribution >= 0.6 is 0 Å². The van der Waals surface area contributed by atoms with Crippen LogP contribution in [0, 0.1) is 5.82 Å². The normalized spacial score (nSPS) is 11.5. The molecule has 0 fully saturated rings. The SMILES string of the molecule is COCCOCCOCC(=O)Nc1ccc(F)cc1C(F)(F)F. The molecule has 0 bridgehead atoms. The molecule has 1 N–H and O–H groups in total. The number of alkyl halides is 3. The van der Waals surface area contributed by atoms with Crippen molar-refractivity contribution in [2.75, 3.05) is 45.5 Å². The summed E-state index contributed by atoms with van der Waals surface area (Å²) in [5.74, 6) is -1.82. The van der Waals surface area contributed by atoms with E-state index >= 15 is 0 Å². The largest absolute Gasteiger partial charge is 0.418 e. The standard InChI is InChI=1S/C14H17F4NO4/c1-21-4-5-22-6-7-23-9-13(20)19-12-3-2-10(15)8-11(12)14(16,17)18/h2-3,8H,4-7,9H2,1H3,(H,19,20). The van der Waals surface area contributed by atoms with E-state index in [9.17, 15) is 22.4 Å². The first kappa shape index (κ1) is 19.3. The van der Waals surface area contributed by atoms with Crippen molar-refractivity contribution in [2.24, 2.45) is 0 Å². The summed E-state index contributed by atoms with van der Waals surface area (Å²) in [7, 11) is 1.52. The lowest BCUT2D eigenvalue weighted by Gasteiger charge is -2.14. The monoisotopic (exact) mass is 339 g/mol. The minimum absolute atomic E-state index is 0.104. The van der Waals surface area contributed by atoms with Gasteiger partial charge in [-0.1, -0.05) is 0 Å². The Labute approximate surface area is 130 Å². The quantitative estimate of drug-likeness (QED) is 0.555. The third kappa shape index (κ3) is 7.40. The van der Waals surface area contributed by atoms with Crippen LogP contribution in [-0.4, -0.2) is 46.1 Å². The van der Waals surface area contributed by atoms with Crippen molar-refractivity contribution >= 4 is 11.6 Å². The second-order valence-electron chi connectivity index (χ2n) is 4.39. The second kappa shape index (κ2) is 9.43. The summed E-state index contributed by atoms with van der Waals surface area (Å²) in [5, 5.41) is 2.04. The number of amides is 1. The number of nitrogens with one attached hydrogen (secondary N) is 1. The van der Waals surface area contributed by atoms with Gasteiger partial charge in [0.05, 0.1) is 37.7 Å². The summed E-state index contributed by atoms with van der Waals surface area (Å²) in [6, 6.07) is 2.00. The fraction of sp³-hybridized carbons (Fsp3) is 0.500. The van der Waals surface area contributed by atoms with Crippen LogP contribution in [0.1, 0.15) is 5.56 Å². The van der Waals surface area contributed by atoms with Crippen LogP contribution in [0.4, 0.5) is 23.2 Å². The van der Waals surface area contributed by atoms with E-state index in [1.807, 2.05) is 5.32 Å². The molecule has 9 heteroatoms. The van der Waals surface area contributed by atoms with E-state index in [1.165, 1.54) is 7.11 Å². The van der Waals surface area contributed by atoms with Gasteiger partial charge >= 0.3 is 6.18 Å². The van der Waals surface area contributed by atoms with Crippen molar-refractivity contribution in [2.45, 2.75) is 6.18 Å². The van der Waals surface area contributed by atoms with E-state index < -0.39 is 35.8 Å². The van der Waals surface area contributed by atoms with Gasteiger partial charge in [0.15, 0.2) is 0 Å². The molecule has 0 aliphatic carbocycles. The minimum atomic E-state index is -4.78. The summed E-state index contributed by atoms with van der Waals surface area (Å²) >= 11 is 0. The number of methoxy groups -OCH3 is 1. The third-order valence-corrected chi connectivity index (χ3v) is 2.60. The molecule has 1 aromatic rings. The topological polar surface area (TPSA) is 56.8 Å². The van der Waals surface area contributed by atoms with E-state index in [4.69, 9.17) is 14.2 Å². The average Bonchev–Trinajstić information content (AvgIpc) is 2.47. The number of rotatable bonds is 9. The lowest BCUT2D eigenvalue weighted by atomic mass is 10.1. The van der Waals surface area contributed by atoms with Crippen molar-refractivity contribution in [3.63, 3.8) is 0 Å². The Hall–Kier alpha value is -1.71. The Bertz CT molecular complexity index is 508. The van der Waals surface area contributed by atoms with Crippen LogP contribution < -0.4 is 5.32 Å². The summed E-state index contributed by atoms with van der Waals surface area (Å²) in [4.78, 5) is 11.6. The van der Waals surface area contributed by atoms with Crippen LogP contribution in [0.2, 0.25) is 0 Å². The molecule has 0 radical (unpaired) electrons. The molecule has 1 aromatic carbocycles. The fourth-order valence-corrected chi connectivity index (χ4v) is 1.57. The Balaban J connectivity index is 2.43. The molecule has 23 heavy (non-hydrogen) atoms. The van der Waals surface area contributed by atoms with Gasteiger partial charge in [0, 0.05) is 7.11 Å². The highest BCUT2D eigenvalue weighted by Crippen LogP contribution is 2.35. The Kier molecular flexibility index (Phi) is 7.93. The number of carbonyl (C=O) groups is 1. The van der Waals surface area contributed by atoms with Gasteiger partial charge in [-0.05, 0) is 18.2 Å². The first-order chi connectivity index (χ1) is 10.8. The predicted octanol–water partition coefficient (Wildman–Crippen LogP) is 2.46. The van der Waals surface area contributed by atoms with Gasteiger partial charge in [-0.3, -0.25) is 4.79 Å². The van der Waals surface area contributed by atoms with Gasteiger partial charge in [0.2, 0.25) is 5.91 Å². The van der Waals surface area contributed by atoms with E-state index in [2.05, 4.69) is 0 Å². The van der Waals surface area contributed by atoms with Gasteiger partial charge in [-0.25, -0.2) is 4.39 Å². The number of ether oxygens (including phenoxy) is 3. The van der Waals surface area contributed by atoms with Crippen LogP contribution in [0.3, 0.4) is 0 Å². The number of benzene rings is 1. The number of hydrogen-bond donors (Lipinski definition) is 1. The maximum atomic E-state index is 12.9. The van der Waals surface area contributed by atoms with Crippen molar-refractivity contribution in [3.8, 4) is 0 Å². The highest BCUT2D eigenvalue weighted by atomic mass is 19.4. The van der Waals surface area contributed by atoms with E-state index in [0.717, 1.165) is 12.1 Å². The molecule has 0 saturated heterocycles. The summed E-state index contributed by atoms with van der Waals surface area (Å²) in [5.41, 5.74) is -1.78. The number of halogens is 4. The molecule has 0 unspecified atom stereocenters. The zero-order chi connectivity index (χ0) is 17.3. The van der Waals surface area contributed by atoms with E-state index in [0.29, 0.717) is 19.3 Å². The van der Waals surface area contributed by atoms with Gasteiger partial charge in [0.1, 0.15) is 12.4 Å². The molecular weight excluding hydrogens is 322 g/mol. The second-order valence-corrected chi connectivity index (χ2v) is 4.39. The van der Waals surface area contributed by atoms with E-state index in [1.54, 1.807) is 0 Å². The molecule has 0 saturated carbocycles. The molecule has 1 amide bonds. The zero-order valence-corrected chi connectivity index (χ0v) is 12.4. The highest BCUT2D eigenvalue weighted by Gasteiger charge is 2.34. The molecule has 0 aromatic heterocycles. The molecule has 130 valence electrons. The van der Waals surface area contributed by atoms with Crippen molar-refractivity contribution in [3.05, 3.63) is 29.6 Å². The number of anilines is 1. The molecular formula is C14H17F4NO4. The molecule has 0 aliphatic heterocycles. The van der Waals surface area contributed by atoms with Gasteiger partial charge < -0.3 is 19.5 Å². The van der Waals surface area contributed by atoms with Gasteiger partial charge in [-0.2, -0.15) is 13.2 Å². The molecule has 5 nitrogen and oxygen atoms in total. The third-order valence-electron chi connectivity index (χ3n) is 2.60. The maximum Gasteiger partial charge on any atom is 0.418 e. The first-order valence-corrected chi connectivity index (χ1v) is 6.65.